The highest BCUT2D eigenvalue weighted by Crippen LogP contribution is 2.42. The van der Waals surface area contributed by atoms with E-state index in [0.717, 1.165) is 5.56 Å². The van der Waals surface area contributed by atoms with Crippen LogP contribution in [-0.4, -0.2) is 26.8 Å². The van der Waals surface area contributed by atoms with Gasteiger partial charge < -0.3 is 24.7 Å². The van der Waals surface area contributed by atoms with Gasteiger partial charge in [0.25, 0.3) is 0 Å². The highest BCUT2D eigenvalue weighted by molar-refractivity contribution is 6.11. The van der Waals surface area contributed by atoms with Crippen LogP contribution >= 0.6 is 0 Å². The van der Waals surface area contributed by atoms with Crippen LogP contribution in [0.5, 0.6) is 23.0 Å². The van der Waals surface area contributed by atoms with Gasteiger partial charge in [-0.2, -0.15) is 0 Å². The summed E-state index contributed by atoms with van der Waals surface area (Å²) in [5.41, 5.74) is 8.32. The number of carbonyl (C=O) groups is 1. The van der Waals surface area contributed by atoms with Crippen LogP contribution in [0.3, 0.4) is 0 Å². The van der Waals surface area contributed by atoms with Crippen LogP contribution in [0.4, 0.5) is 5.69 Å². The summed E-state index contributed by atoms with van der Waals surface area (Å²) in [6, 6.07) is 8.68. The van der Waals surface area contributed by atoms with Crippen LogP contribution < -0.4 is 24.7 Å². The molecule has 0 saturated heterocycles. The third-order valence-corrected chi connectivity index (χ3v) is 4.19. The molecule has 0 aromatic heterocycles. The molecular formula is C20H21NO5. The van der Waals surface area contributed by atoms with Crippen molar-refractivity contribution >= 4 is 17.5 Å². The molecule has 0 saturated carbocycles. The number of methoxy groups -OCH3 is 2. The topological polar surface area (TPSA) is 80.0 Å². The Bertz CT molecular complexity index is 873. The summed E-state index contributed by atoms with van der Waals surface area (Å²) in [7, 11) is 3.11. The molecule has 0 atom stereocenters. The number of hydrogen-bond acceptors (Lipinski definition) is 6. The van der Waals surface area contributed by atoms with Gasteiger partial charge in [0.05, 0.1) is 19.9 Å². The highest BCUT2D eigenvalue weighted by Gasteiger charge is 2.20. The van der Waals surface area contributed by atoms with Crippen LogP contribution in [-0.2, 0) is 0 Å². The van der Waals surface area contributed by atoms with Crippen molar-refractivity contribution in [2.75, 3.05) is 26.7 Å². The number of ether oxygens (including phenoxy) is 4. The predicted molar refractivity (Wildman–Crippen MR) is 99.1 cm³/mol. The molecule has 6 heteroatoms. The Hall–Kier alpha value is -3.15. The summed E-state index contributed by atoms with van der Waals surface area (Å²) in [6.45, 7) is 2.09. The van der Waals surface area contributed by atoms with Gasteiger partial charge in [-0.3, -0.25) is 4.79 Å². The zero-order valence-corrected chi connectivity index (χ0v) is 15.0. The van der Waals surface area contributed by atoms with Gasteiger partial charge in [-0.1, -0.05) is 6.92 Å². The van der Waals surface area contributed by atoms with Crippen molar-refractivity contribution in [3.8, 4) is 23.0 Å². The van der Waals surface area contributed by atoms with E-state index in [0.29, 0.717) is 46.2 Å². The van der Waals surface area contributed by atoms with Crippen molar-refractivity contribution in [3.05, 3.63) is 47.0 Å². The second kappa shape index (κ2) is 7.39. The number of nitrogens with two attached hydrogens (primary N) is 1. The zero-order chi connectivity index (χ0) is 18.7. The van der Waals surface area contributed by atoms with Crippen molar-refractivity contribution < 1.29 is 23.7 Å². The quantitative estimate of drug-likeness (QED) is 0.484. The number of anilines is 1. The second-order valence-electron chi connectivity index (χ2n) is 5.77. The number of fused-ring (bicyclic) bond motifs is 1. The molecule has 0 radical (unpaired) electrons. The molecule has 0 aliphatic carbocycles. The molecule has 1 aliphatic rings. The molecule has 1 aliphatic heterocycles. The number of carbonyl (C=O) groups excluding carboxylic acids is 1. The minimum Gasteiger partial charge on any atom is -0.495 e. The van der Waals surface area contributed by atoms with Gasteiger partial charge in [-0.15, -0.1) is 0 Å². The van der Waals surface area contributed by atoms with E-state index in [1.165, 1.54) is 7.11 Å². The first kappa shape index (κ1) is 17.7. The smallest absolute Gasteiger partial charge is 0.231 e. The lowest BCUT2D eigenvalue weighted by atomic mass is 9.98. The Labute approximate surface area is 152 Å². The second-order valence-corrected chi connectivity index (χ2v) is 5.77. The molecule has 0 spiro atoms. The van der Waals surface area contributed by atoms with Crippen LogP contribution in [0.1, 0.15) is 29.3 Å². The molecule has 1 heterocycles. The van der Waals surface area contributed by atoms with E-state index in [1.54, 1.807) is 25.3 Å². The van der Waals surface area contributed by atoms with Gasteiger partial charge in [-0.05, 0) is 48.4 Å². The molecule has 26 heavy (non-hydrogen) atoms. The van der Waals surface area contributed by atoms with Crippen LogP contribution in [0.2, 0.25) is 0 Å². The highest BCUT2D eigenvalue weighted by atomic mass is 16.7. The molecule has 0 amide bonds. The van der Waals surface area contributed by atoms with Crippen molar-refractivity contribution in [2.24, 2.45) is 0 Å². The first-order chi connectivity index (χ1) is 12.6. The number of nitrogen functional groups attached to an aromatic ring is 1. The van der Waals surface area contributed by atoms with Gasteiger partial charge >= 0.3 is 0 Å². The average Bonchev–Trinajstić information content (AvgIpc) is 3.13. The van der Waals surface area contributed by atoms with Gasteiger partial charge in [0.2, 0.25) is 12.5 Å². The Morgan fingerprint density at radius 2 is 1.92 bits per heavy atom. The van der Waals surface area contributed by atoms with Crippen LogP contribution in [0.15, 0.2) is 35.9 Å². The molecule has 136 valence electrons. The number of ketones is 1. The first-order valence-electron chi connectivity index (χ1n) is 8.23. The molecule has 0 bridgehead atoms. The maximum Gasteiger partial charge on any atom is 0.231 e. The molecular weight excluding hydrogens is 334 g/mol. The standard InChI is InChI=1S/C20H21NO5/c1-4-13(19(22)14-5-6-16(23-2)15(21)10-14)7-12-8-17(24-3)20-18(9-12)25-11-26-20/h5-10H,4,11,21H2,1-3H3/b13-7+. The number of benzene rings is 2. The molecule has 2 N–H and O–H groups in total. The van der Waals surface area contributed by atoms with E-state index in [4.69, 9.17) is 24.7 Å². The minimum absolute atomic E-state index is 0.0847. The van der Waals surface area contributed by atoms with E-state index in [1.807, 2.05) is 25.1 Å². The van der Waals surface area contributed by atoms with Crippen molar-refractivity contribution in [3.63, 3.8) is 0 Å². The van der Waals surface area contributed by atoms with Crippen LogP contribution in [0.25, 0.3) is 6.08 Å². The van der Waals surface area contributed by atoms with E-state index in [9.17, 15) is 4.79 Å². The number of rotatable bonds is 6. The maximum atomic E-state index is 12.9. The Morgan fingerprint density at radius 3 is 2.58 bits per heavy atom. The van der Waals surface area contributed by atoms with Gasteiger partial charge in [0.15, 0.2) is 17.3 Å². The third-order valence-electron chi connectivity index (χ3n) is 4.19. The summed E-state index contributed by atoms with van der Waals surface area (Å²) in [5.74, 6) is 2.22. The Balaban J connectivity index is 1.96. The molecule has 0 fully saturated rings. The lowest BCUT2D eigenvalue weighted by Crippen LogP contribution is -2.04. The maximum absolute atomic E-state index is 12.9. The van der Waals surface area contributed by atoms with E-state index >= 15 is 0 Å². The molecule has 0 unspecified atom stereocenters. The summed E-state index contributed by atoms with van der Waals surface area (Å²) in [6.07, 6.45) is 2.40. The Kier molecular flexibility index (Phi) is 5.02. The SMILES string of the molecule is CC/C(=C\c1cc(OC)c2c(c1)OCO2)C(=O)c1ccc(OC)c(N)c1. The monoisotopic (exact) mass is 355 g/mol. The number of allylic oxidation sites excluding steroid dienone is 1. The van der Waals surface area contributed by atoms with Gasteiger partial charge in [0.1, 0.15) is 5.75 Å². The van der Waals surface area contributed by atoms with Crippen molar-refractivity contribution in [1.29, 1.82) is 0 Å². The fourth-order valence-electron chi connectivity index (χ4n) is 2.82. The predicted octanol–water partition coefficient (Wildman–Crippen LogP) is 3.69. The first-order valence-corrected chi connectivity index (χ1v) is 8.23. The van der Waals surface area contributed by atoms with Gasteiger partial charge in [-0.25, -0.2) is 0 Å². The molecule has 6 nitrogen and oxygen atoms in total. The largest absolute Gasteiger partial charge is 0.495 e. The average molecular weight is 355 g/mol. The molecule has 2 aromatic rings. The molecule has 3 rings (SSSR count). The summed E-state index contributed by atoms with van der Waals surface area (Å²) in [4.78, 5) is 12.9. The lowest BCUT2D eigenvalue weighted by molar-refractivity contribution is 0.103. The zero-order valence-electron chi connectivity index (χ0n) is 15.0. The number of hydrogen-bond donors (Lipinski definition) is 1. The summed E-state index contributed by atoms with van der Waals surface area (Å²) in [5, 5.41) is 0. The van der Waals surface area contributed by atoms with Gasteiger partial charge in [0, 0.05) is 11.1 Å². The van der Waals surface area contributed by atoms with E-state index in [2.05, 4.69) is 0 Å². The number of Topliss-reactive ketones (excluding diaryl/α,β-unsaturated/α-hetero) is 1. The van der Waals surface area contributed by atoms with Crippen LogP contribution in [0, 0.1) is 0 Å². The summed E-state index contributed by atoms with van der Waals surface area (Å²) >= 11 is 0. The molecule has 2 aromatic carbocycles. The van der Waals surface area contributed by atoms with Crippen molar-refractivity contribution in [2.45, 2.75) is 13.3 Å². The Morgan fingerprint density at radius 1 is 1.15 bits per heavy atom. The fourth-order valence-corrected chi connectivity index (χ4v) is 2.82. The van der Waals surface area contributed by atoms with E-state index in [-0.39, 0.29) is 12.6 Å². The van der Waals surface area contributed by atoms with Crippen molar-refractivity contribution in [1.82, 2.24) is 0 Å². The van der Waals surface area contributed by atoms with E-state index < -0.39 is 0 Å². The summed E-state index contributed by atoms with van der Waals surface area (Å²) < 4.78 is 21.3. The third kappa shape index (κ3) is 3.31. The minimum atomic E-state index is -0.0847. The lowest BCUT2D eigenvalue weighted by Gasteiger charge is -2.10. The normalized spacial score (nSPS) is 12.8. The fraction of sp³-hybridized carbons (Fsp3) is 0.250.